The van der Waals surface area contributed by atoms with Gasteiger partial charge in [-0.15, -0.1) is 0 Å². The molecule has 4 nitrogen and oxygen atoms in total. The Hall–Kier alpha value is -2.07. The molecule has 5 heteroatoms. The Morgan fingerprint density at radius 3 is 2.79 bits per heavy atom. The van der Waals surface area contributed by atoms with E-state index in [1.165, 1.54) is 12.4 Å². The summed E-state index contributed by atoms with van der Waals surface area (Å²) in [6.45, 7) is 1.60. The molecule has 0 radical (unpaired) electrons. The van der Waals surface area contributed by atoms with Gasteiger partial charge in [0.05, 0.1) is 17.1 Å². The van der Waals surface area contributed by atoms with E-state index >= 15 is 0 Å². The van der Waals surface area contributed by atoms with Crippen LogP contribution in [0.5, 0.6) is 11.5 Å². The molecule has 0 aliphatic heterocycles. The Labute approximate surface area is 115 Å². The number of hydrogen-bond donors (Lipinski definition) is 1. The van der Waals surface area contributed by atoms with Gasteiger partial charge in [-0.05, 0) is 30.7 Å². The number of ether oxygens (including phenoxy) is 1. The van der Waals surface area contributed by atoms with Crippen LogP contribution in [-0.4, -0.2) is 16.1 Å². The molecule has 0 saturated heterocycles. The number of carbonyl (C=O) groups is 1. The average molecular weight is 278 g/mol. The molecular formula is C14H12ClNO3. The number of carboxylic acids is 1. The fraction of sp³-hybridized carbons (Fsp3) is 0.143. The van der Waals surface area contributed by atoms with E-state index in [0.717, 1.165) is 0 Å². The molecule has 1 aromatic carbocycles. The monoisotopic (exact) mass is 277 g/mol. The van der Waals surface area contributed by atoms with Crippen molar-refractivity contribution in [2.75, 3.05) is 0 Å². The van der Waals surface area contributed by atoms with Crippen molar-refractivity contribution in [2.24, 2.45) is 0 Å². The largest absolute Gasteiger partial charge is 0.481 e. The minimum absolute atomic E-state index is 0.457. The molecule has 1 aromatic heterocycles. The molecule has 1 N–H and O–H groups in total. The quantitative estimate of drug-likeness (QED) is 0.925. The van der Waals surface area contributed by atoms with Gasteiger partial charge in [0, 0.05) is 6.20 Å². The van der Waals surface area contributed by atoms with Gasteiger partial charge in [0.15, 0.2) is 0 Å². The molecule has 2 aromatic rings. The van der Waals surface area contributed by atoms with Crippen molar-refractivity contribution in [2.45, 2.75) is 12.8 Å². The predicted octanol–water partition coefficient (Wildman–Crippen LogP) is 3.72. The molecule has 2 rings (SSSR count). The number of rotatable bonds is 4. The fourth-order valence-electron chi connectivity index (χ4n) is 1.53. The summed E-state index contributed by atoms with van der Waals surface area (Å²) in [7, 11) is 0. The summed E-state index contributed by atoms with van der Waals surface area (Å²) in [6, 6.07) is 8.70. The van der Waals surface area contributed by atoms with Crippen LogP contribution in [0.2, 0.25) is 5.02 Å². The molecule has 19 heavy (non-hydrogen) atoms. The SMILES string of the molecule is CC(C(=O)O)c1cncc(Oc2ccccc2Cl)c1. The third-order valence-electron chi connectivity index (χ3n) is 2.67. The topological polar surface area (TPSA) is 59.4 Å². The smallest absolute Gasteiger partial charge is 0.310 e. The Balaban J connectivity index is 2.25. The summed E-state index contributed by atoms with van der Waals surface area (Å²) in [4.78, 5) is 14.9. The summed E-state index contributed by atoms with van der Waals surface area (Å²) >= 11 is 5.99. The van der Waals surface area contributed by atoms with E-state index in [-0.39, 0.29) is 0 Å². The molecule has 98 valence electrons. The first-order chi connectivity index (χ1) is 9.08. The standard InChI is InChI=1S/C14H12ClNO3/c1-9(14(17)18)10-6-11(8-16-7-10)19-13-5-3-2-4-12(13)15/h2-9H,1H3,(H,17,18). The lowest BCUT2D eigenvalue weighted by Gasteiger charge is -2.10. The van der Waals surface area contributed by atoms with Gasteiger partial charge in [0.2, 0.25) is 0 Å². The molecule has 1 atom stereocenters. The van der Waals surface area contributed by atoms with E-state index < -0.39 is 11.9 Å². The van der Waals surface area contributed by atoms with E-state index in [1.54, 1.807) is 37.3 Å². The van der Waals surface area contributed by atoms with Gasteiger partial charge in [-0.3, -0.25) is 9.78 Å². The van der Waals surface area contributed by atoms with Gasteiger partial charge in [0.1, 0.15) is 11.5 Å². The zero-order valence-corrected chi connectivity index (χ0v) is 11.0. The predicted molar refractivity (Wildman–Crippen MR) is 71.8 cm³/mol. The van der Waals surface area contributed by atoms with Gasteiger partial charge < -0.3 is 9.84 Å². The Bertz CT molecular complexity index is 601. The van der Waals surface area contributed by atoms with E-state index in [1.807, 2.05) is 0 Å². The van der Waals surface area contributed by atoms with Crippen LogP contribution < -0.4 is 4.74 Å². The van der Waals surface area contributed by atoms with Crippen LogP contribution in [0.25, 0.3) is 0 Å². The number of halogens is 1. The molecule has 0 spiro atoms. The number of aromatic nitrogens is 1. The van der Waals surface area contributed by atoms with Gasteiger partial charge in [-0.2, -0.15) is 0 Å². The van der Waals surface area contributed by atoms with Gasteiger partial charge in [-0.25, -0.2) is 0 Å². The molecule has 0 fully saturated rings. The van der Waals surface area contributed by atoms with E-state index in [0.29, 0.717) is 22.1 Å². The molecule has 0 bridgehead atoms. The second kappa shape index (κ2) is 5.71. The van der Waals surface area contributed by atoms with Crippen LogP contribution in [0.4, 0.5) is 0 Å². The van der Waals surface area contributed by atoms with Crippen LogP contribution in [0.3, 0.4) is 0 Å². The summed E-state index contributed by atoms with van der Waals surface area (Å²) < 4.78 is 5.59. The number of hydrogen-bond acceptors (Lipinski definition) is 3. The van der Waals surface area contributed by atoms with Crippen molar-refractivity contribution in [3.05, 3.63) is 53.3 Å². The van der Waals surface area contributed by atoms with Gasteiger partial charge in [-0.1, -0.05) is 23.7 Å². The van der Waals surface area contributed by atoms with Crippen molar-refractivity contribution < 1.29 is 14.6 Å². The number of nitrogens with zero attached hydrogens (tertiary/aromatic N) is 1. The number of aliphatic carboxylic acids is 1. The molecule has 0 aliphatic carbocycles. The molecule has 1 heterocycles. The summed E-state index contributed by atoms with van der Waals surface area (Å²) in [5.41, 5.74) is 0.581. The van der Waals surface area contributed by atoms with Crippen LogP contribution in [0, 0.1) is 0 Å². The first-order valence-electron chi connectivity index (χ1n) is 5.68. The first-order valence-corrected chi connectivity index (χ1v) is 6.06. The number of benzene rings is 1. The van der Waals surface area contributed by atoms with Crippen LogP contribution >= 0.6 is 11.6 Å². The van der Waals surface area contributed by atoms with E-state index in [9.17, 15) is 4.79 Å². The highest BCUT2D eigenvalue weighted by atomic mass is 35.5. The Morgan fingerprint density at radius 2 is 2.11 bits per heavy atom. The lowest BCUT2D eigenvalue weighted by Crippen LogP contribution is -2.07. The van der Waals surface area contributed by atoms with Crippen molar-refractivity contribution in [3.63, 3.8) is 0 Å². The Morgan fingerprint density at radius 1 is 1.37 bits per heavy atom. The third kappa shape index (κ3) is 3.23. The van der Waals surface area contributed by atoms with Gasteiger partial charge >= 0.3 is 5.97 Å². The molecule has 1 unspecified atom stereocenters. The highest BCUT2D eigenvalue weighted by Crippen LogP contribution is 2.29. The van der Waals surface area contributed by atoms with Crippen LogP contribution in [0.1, 0.15) is 18.4 Å². The number of pyridine rings is 1. The van der Waals surface area contributed by atoms with Crippen molar-refractivity contribution in [1.82, 2.24) is 4.98 Å². The van der Waals surface area contributed by atoms with Crippen LogP contribution in [-0.2, 0) is 4.79 Å². The second-order valence-corrected chi connectivity index (χ2v) is 4.45. The highest BCUT2D eigenvalue weighted by Gasteiger charge is 2.15. The maximum Gasteiger partial charge on any atom is 0.310 e. The normalized spacial score (nSPS) is 11.9. The minimum atomic E-state index is -0.906. The average Bonchev–Trinajstić information content (AvgIpc) is 2.41. The van der Waals surface area contributed by atoms with Crippen LogP contribution in [0.15, 0.2) is 42.7 Å². The van der Waals surface area contributed by atoms with Crippen molar-refractivity contribution in [1.29, 1.82) is 0 Å². The zero-order valence-electron chi connectivity index (χ0n) is 10.2. The summed E-state index contributed by atoms with van der Waals surface area (Å²) in [5.74, 6) is -0.580. The molecule has 0 aliphatic rings. The maximum atomic E-state index is 10.9. The fourth-order valence-corrected chi connectivity index (χ4v) is 1.70. The molecule has 0 amide bonds. The van der Waals surface area contributed by atoms with Crippen molar-refractivity contribution in [3.8, 4) is 11.5 Å². The second-order valence-electron chi connectivity index (χ2n) is 4.05. The van der Waals surface area contributed by atoms with E-state index in [4.69, 9.17) is 21.4 Å². The highest BCUT2D eigenvalue weighted by molar-refractivity contribution is 6.32. The zero-order chi connectivity index (χ0) is 13.8. The van der Waals surface area contributed by atoms with E-state index in [2.05, 4.69) is 4.98 Å². The summed E-state index contributed by atoms with van der Waals surface area (Å²) in [5, 5.41) is 9.46. The first kappa shape index (κ1) is 13.4. The third-order valence-corrected chi connectivity index (χ3v) is 2.98. The Kier molecular flexibility index (Phi) is 4.02. The number of para-hydroxylation sites is 1. The van der Waals surface area contributed by atoms with Gasteiger partial charge in [0.25, 0.3) is 0 Å². The molecular weight excluding hydrogens is 266 g/mol. The maximum absolute atomic E-state index is 10.9. The minimum Gasteiger partial charge on any atom is -0.481 e. The molecule has 0 saturated carbocycles. The van der Waals surface area contributed by atoms with Crippen molar-refractivity contribution >= 4 is 17.6 Å². The lowest BCUT2D eigenvalue weighted by atomic mass is 10.0. The summed E-state index contributed by atoms with van der Waals surface area (Å²) in [6.07, 6.45) is 3.03. The lowest BCUT2D eigenvalue weighted by molar-refractivity contribution is -0.138. The number of carboxylic acid groups (broad SMARTS) is 1.